The van der Waals surface area contributed by atoms with Gasteiger partial charge >= 0.3 is 0 Å². The van der Waals surface area contributed by atoms with Gasteiger partial charge in [0, 0.05) is 0 Å². The van der Waals surface area contributed by atoms with Gasteiger partial charge in [-0.3, -0.25) is 4.39 Å². The van der Waals surface area contributed by atoms with E-state index in [0.717, 1.165) is 48.3 Å². The molecular formula is C34H55F. The molecular weight excluding hydrogens is 427 g/mol. The van der Waals surface area contributed by atoms with Crippen LogP contribution in [0.15, 0.2) is 24.3 Å². The second kappa shape index (κ2) is 14.8. The average Bonchev–Trinajstić information content (AvgIpc) is 2.92. The van der Waals surface area contributed by atoms with E-state index in [2.05, 4.69) is 31.2 Å². The van der Waals surface area contributed by atoms with Gasteiger partial charge in [0.15, 0.2) is 0 Å². The van der Waals surface area contributed by atoms with Crippen molar-refractivity contribution >= 4 is 0 Å². The zero-order valence-corrected chi connectivity index (χ0v) is 23.0. The minimum absolute atomic E-state index is 0.117. The lowest BCUT2D eigenvalue weighted by Crippen LogP contribution is -2.29. The van der Waals surface area contributed by atoms with E-state index in [0.29, 0.717) is 0 Å². The first kappa shape index (κ1) is 27.2. The van der Waals surface area contributed by atoms with Crippen molar-refractivity contribution in [2.24, 2.45) is 35.5 Å². The standard InChI is InChI=1S/C34H55F/c1-2-3-6-27-8-10-29(11-9-27)12-13-30-16-20-32(21-17-30)34-24-22-33(23-25-34)31-18-14-28(15-19-31)7-4-5-26-35/h8-11,28,30-34H,2-7,12-26H2,1H3. The molecule has 0 saturated heterocycles. The molecule has 1 aromatic carbocycles. The van der Waals surface area contributed by atoms with Crippen LogP contribution in [0.1, 0.15) is 134 Å². The highest BCUT2D eigenvalue weighted by atomic mass is 19.1. The largest absolute Gasteiger partial charge is 0.251 e. The number of rotatable bonds is 12. The van der Waals surface area contributed by atoms with Crippen molar-refractivity contribution in [3.05, 3.63) is 35.4 Å². The minimum Gasteiger partial charge on any atom is -0.251 e. The lowest BCUT2D eigenvalue weighted by atomic mass is 9.64. The molecule has 0 amide bonds. The van der Waals surface area contributed by atoms with Crippen LogP contribution >= 0.6 is 0 Å². The van der Waals surface area contributed by atoms with Gasteiger partial charge in [-0.15, -0.1) is 0 Å². The van der Waals surface area contributed by atoms with Gasteiger partial charge in [0.25, 0.3) is 0 Å². The van der Waals surface area contributed by atoms with Crippen molar-refractivity contribution in [2.45, 2.75) is 135 Å². The number of halogens is 1. The summed E-state index contributed by atoms with van der Waals surface area (Å²) < 4.78 is 12.4. The molecule has 3 aliphatic rings. The maximum absolute atomic E-state index is 12.4. The molecule has 3 saturated carbocycles. The van der Waals surface area contributed by atoms with E-state index in [1.807, 2.05) is 0 Å². The molecule has 0 heterocycles. The molecule has 3 aliphatic carbocycles. The summed E-state index contributed by atoms with van der Waals surface area (Å²) in [5, 5.41) is 0. The lowest BCUT2D eigenvalue weighted by Gasteiger charge is -2.41. The van der Waals surface area contributed by atoms with Gasteiger partial charge in [-0.2, -0.15) is 0 Å². The van der Waals surface area contributed by atoms with Crippen LogP contribution in [0.4, 0.5) is 4.39 Å². The van der Waals surface area contributed by atoms with Crippen LogP contribution in [0.5, 0.6) is 0 Å². The van der Waals surface area contributed by atoms with Gasteiger partial charge < -0.3 is 0 Å². The predicted molar refractivity (Wildman–Crippen MR) is 150 cm³/mol. The fourth-order valence-electron chi connectivity index (χ4n) is 8.14. The van der Waals surface area contributed by atoms with Crippen molar-refractivity contribution in [3.8, 4) is 0 Å². The summed E-state index contributed by atoms with van der Waals surface area (Å²) in [5.41, 5.74) is 3.07. The van der Waals surface area contributed by atoms with Gasteiger partial charge in [0.1, 0.15) is 0 Å². The summed E-state index contributed by atoms with van der Waals surface area (Å²) in [4.78, 5) is 0. The number of hydrogen-bond acceptors (Lipinski definition) is 0. The Morgan fingerprint density at radius 1 is 0.543 bits per heavy atom. The van der Waals surface area contributed by atoms with E-state index in [9.17, 15) is 4.39 Å². The normalized spacial score (nSPS) is 31.9. The van der Waals surface area contributed by atoms with Gasteiger partial charge in [0.05, 0.1) is 6.67 Å². The van der Waals surface area contributed by atoms with Gasteiger partial charge in [-0.25, -0.2) is 0 Å². The third kappa shape index (κ3) is 8.60. The zero-order valence-electron chi connectivity index (χ0n) is 23.0. The monoisotopic (exact) mass is 482 g/mol. The molecule has 0 bridgehead atoms. The van der Waals surface area contributed by atoms with Crippen molar-refractivity contribution in [1.29, 1.82) is 0 Å². The Morgan fingerprint density at radius 2 is 0.971 bits per heavy atom. The van der Waals surface area contributed by atoms with Crippen LogP contribution in [0.25, 0.3) is 0 Å². The SMILES string of the molecule is CCCCc1ccc(CCC2CCC(C3CCC(C4CCC(CCCCF)CC4)CC3)CC2)cc1. The van der Waals surface area contributed by atoms with Crippen LogP contribution in [-0.4, -0.2) is 6.67 Å². The first-order valence-corrected chi connectivity index (χ1v) is 15.9. The third-order valence-corrected chi connectivity index (χ3v) is 10.6. The van der Waals surface area contributed by atoms with E-state index < -0.39 is 0 Å². The number of alkyl halides is 1. The molecule has 0 nitrogen and oxygen atoms in total. The number of benzene rings is 1. The average molecular weight is 483 g/mol. The third-order valence-electron chi connectivity index (χ3n) is 10.6. The summed E-state index contributed by atoms with van der Waals surface area (Å²) in [6, 6.07) is 9.54. The Bertz CT molecular complexity index is 669. The summed E-state index contributed by atoms with van der Waals surface area (Å²) in [7, 11) is 0. The molecule has 1 heteroatoms. The highest BCUT2D eigenvalue weighted by molar-refractivity contribution is 5.22. The first-order chi connectivity index (χ1) is 17.2. The smallest absolute Gasteiger partial charge is 0.0894 e. The van der Waals surface area contributed by atoms with E-state index in [4.69, 9.17) is 0 Å². The quantitative estimate of drug-likeness (QED) is 0.260. The maximum atomic E-state index is 12.4. The Hall–Kier alpha value is -0.850. The highest BCUT2D eigenvalue weighted by Gasteiger charge is 2.34. The summed E-state index contributed by atoms with van der Waals surface area (Å²) in [5.74, 6) is 6.01. The minimum atomic E-state index is -0.117. The van der Waals surface area contributed by atoms with Crippen LogP contribution in [0.3, 0.4) is 0 Å². The Morgan fingerprint density at radius 3 is 1.43 bits per heavy atom. The zero-order chi connectivity index (χ0) is 24.3. The van der Waals surface area contributed by atoms with Crippen LogP contribution in [0, 0.1) is 35.5 Å². The van der Waals surface area contributed by atoms with Crippen LogP contribution in [-0.2, 0) is 12.8 Å². The van der Waals surface area contributed by atoms with Gasteiger partial charge in [-0.05, 0) is 130 Å². The molecule has 0 spiro atoms. The van der Waals surface area contributed by atoms with Crippen molar-refractivity contribution in [1.82, 2.24) is 0 Å². The summed E-state index contributed by atoms with van der Waals surface area (Å²) in [6.07, 6.45) is 27.7. The van der Waals surface area contributed by atoms with Crippen molar-refractivity contribution in [2.75, 3.05) is 6.67 Å². The second-order valence-electron chi connectivity index (χ2n) is 12.9. The van der Waals surface area contributed by atoms with E-state index in [1.54, 1.807) is 5.56 Å². The topological polar surface area (TPSA) is 0 Å². The van der Waals surface area contributed by atoms with Gasteiger partial charge in [-0.1, -0.05) is 76.1 Å². The molecule has 0 aromatic heterocycles. The maximum Gasteiger partial charge on any atom is 0.0894 e. The number of hydrogen-bond donors (Lipinski definition) is 0. The molecule has 0 N–H and O–H groups in total. The Kier molecular flexibility index (Phi) is 11.5. The summed E-state index contributed by atoms with van der Waals surface area (Å²) >= 11 is 0. The van der Waals surface area contributed by atoms with Crippen molar-refractivity contribution in [3.63, 3.8) is 0 Å². The molecule has 0 aliphatic heterocycles. The molecule has 0 unspecified atom stereocenters. The predicted octanol–water partition coefficient (Wildman–Crippen LogP) is 10.5. The highest BCUT2D eigenvalue weighted by Crippen LogP contribution is 2.46. The van der Waals surface area contributed by atoms with Crippen molar-refractivity contribution < 1.29 is 4.39 Å². The molecule has 4 rings (SSSR count). The fourth-order valence-corrected chi connectivity index (χ4v) is 8.14. The lowest BCUT2D eigenvalue weighted by molar-refractivity contribution is 0.102. The molecule has 0 atom stereocenters. The fraction of sp³-hybridized carbons (Fsp3) is 0.824. The molecule has 1 aromatic rings. The Labute approximate surface area is 217 Å². The van der Waals surface area contributed by atoms with E-state index in [1.165, 1.54) is 121 Å². The molecule has 0 radical (unpaired) electrons. The Balaban J connectivity index is 1.09. The van der Waals surface area contributed by atoms with E-state index >= 15 is 0 Å². The van der Waals surface area contributed by atoms with Crippen LogP contribution in [0.2, 0.25) is 0 Å². The second-order valence-corrected chi connectivity index (χ2v) is 12.9. The number of aryl methyl sites for hydroxylation is 2. The van der Waals surface area contributed by atoms with E-state index in [-0.39, 0.29) is 6.67 Å². The van der Waals surface area contributed by atoms with Gasteiger partial charge in [0.2, 0.25) is 0 Å². The molecule has 35 heavy (non-hydrogen) atoms. The molecule has 198 valence electrons. The van der Waals surface area contributed by atoms with Crippen LogP contribution < -0.4 is 0 Å². The molecule has 3 fully saturated rings. The number of unbranched alkanes of at least 4 members (excludes halogenated alkanes) is 2. The first-order valence-electron chi connectivity index (χ1n) is 15.9. The summed E-state index contributed by atoms with van der Waals surface area (Å²) in [6.45, 7) is 2.16.